The smallest absolute Gasteiger partial charge is 0.259 e. The Morgan fingerprint density at radius 3 is 2.59 bits per heavy atom. The van der Waals surface area contributed by atoms with Gasteiger partial charge in [-0.05, 0) is 23.6 Å². The predicted molar refractivity (Wildman–Crippen MR) is 115 cm³/mol. The molecule has 2 aromatic heterocycles. The first-order valence-corrected chi connectivity index (χ1v) is 9.50. The van der Waals surface area contributed by atoms with Crippen LogP contribution in [0.5, 0.6) is 0 Å². The number of nitrogens with zero attached hydrogens (tertiary/aromatic N) is 2. The molecule has 5 rings (SSSR count). The van der Waals surface area contributed by atoms with Crippen LogP contribution < -0.4 is 10.9 Å². The van der Waals surface area contributed by atoms with Gasteiger partial charge in [0.05, 0.1) is 21.1 Å². The summed E-state index contributed by atoms with van der Waals surface area (Å²) in [6.07, 6.45) is 0. The van der Waals surface area contributed by atoms with E-state index in [1.165, 1.54) is 16.7 Å². The van der Waals surface area contributed by atoms with Crippen molar-refractivity contribution in [3.8, 4) is 0 Å². The van der Waals surface area contributed by atoms with Crippen LogP contribution in [0.1, 0.15) is 5.82 Å². The second kappa shape index (κ2) is 6.22. The monoisotopic (exact) mass is 388 g/mol. The minimum atomic E-state index is -0.213. The molecule has 0 bridgehead atoms. The summed E-state index contributed by atoms with van der Waals surface area (Å²) in [5.41, 5.74) is 1.30. The van der Waals surface area contributed by atoms with E-state index in [2.05, 4.69) is 38.5 Å². The lowest BCUT2D eigenvalue weighted by Gasteiger charge is -2.05. The fraction of sp³-hybridized carbons (Fsp3) is 0. The Bertz CT molecular complexity index is 1400. The number of H-pyrrole nitrogens is 1. The molecule has 5 aromatic rings. The minimum Gasteiger partial charge on any atom is -0.319 e. The van der Waals surface area contributed by atoms with Crippen molar-refractivity contribution < 1.29 is 0 Å². The van der Waals surface area contributed by atoms with E-state index in [1.54, 1.807) is 18.2 Å². The number of hydrogen-bond acceptors (Lipinski definition) is 5. The van der Waals surface area contributed by atoms with E-state index >= 15 is 0 Å². The standard InChI is InChI=1S/C20H12N4OS2/c25-18-13-7-3-4-8-14(13)21-17(23-18)19(26)24-20-22-15-10-9-11-5-1-2-6-12(11)16(15)27-20/h1-10H,(H,21,23,25)(H,22,24,26). The summed E-state index contributed by atoms with van der Waals surface area (Å²) >= 11 is 6.98. The third-order valence-electron chi connectivity index (χ3n) is 4.33. The van der Waals surface area contributed by atoms with Gasteiger partial charge in [0, 0.05) is 5.39 Å². The van der Waals surface area contributed by atoms with Crippen molar-refractivity contribution in [2.24, 2.45) is 0 Å². The van der Waals surface area contributed by atoms with E-state index in [-0.39, 0.29) is 5.56 Å². The Labute approximate surface area is 162 Å². The first-order chi connectivity index (χ1) is 13.2. The molecule has 0 amide bonds. The summed E-state index contributed by atoms with van der Waals surface area (Å²) in [4.78, 5) is 24.4. The highest BCUT2D eigenvalue weighted by Gasteiger charge is 2.12. The van der Waals surface area contributed by atoms with Gasteiger partial charge in [-0.3, -0.25) is 4.79 Å². The molecule has 5 nitrogen and oxygen atoms in total. The van der Waals surface area contributed by atoms with Gasteiger partial charge >= 0.3 is 0 Å². The average molecular weight is 388 g/mol. The number of anilines is 1. The van der Waals surface area contributed by atoms with Crippen LogP contribution in [-0.2, 0) is 0 Å². The van der Waals surface area contributed by atoms with Crippen molar-refractivity contribution >= 4 is 65.6 Å². The van der Waals surface area contributed by atoms with Gasteiger partial charge in [-0.2, -0.15) is 0 Å². The highest BCUT2D eigenvalue weighted by atomic mass is 32.1. The highest BCUT2D eigenvalue weighted by molar-refractivity contribution is 7.81. The molecule has 0 radical (unpaired) electrons. The normalized spacial score (nSPS) is 11.3. The summed E-state index contributed by atoms with van der Waals surface area (Å²) in [6.45, 7) is 0. The van der Waals surface area contributed by atoms with E-state index < -0.39 is 0 Å². The molecule has 0 saturated heterocycles. The Morgan fingerprint density at radius 1 is 0.926 bits per heavy atom. The number of aromatic nitrogens is 3. The number of benzene rings is 3. The molecule has 0 fully saturated rings. The van der Waals surface area contributed by atoms with Crippen LogP contribution in [0.15, 0.2) is 65.5 Å². The van der Waals surface area contributed by atoms with Crippen molar-refractivity contribution in [3.63, 3.8) is 0 Å². The van der Waals surface area contributed by atoms with Crippen LogP contribution in [-0.4, -0.2) is 19.9 Å². The van der Waals surface area contributed by atoms with Crippen molar-refractivity contribution in [1.82, 2.24) is 15.0 Å². The number of fused-ring (bicyclic) bond motifs is 4. The van der Waals surface area contributed by atoms with Gasteiger partial charge in [0.1, 0.15) is 4.99 Å². The van der Waals surface area contributed by atoms with E-state index in [1.807, 2.05) is 24.3 Å². The predicted octanol–water partition coefficient (Wildman–Crippen LogP) is 4.47. The molecule has 0 aliphatic rings. The molecular weight excluding hydrogens is 376 g/mol. The molecule has 0 aliphatic carbocycles. The van der Waals surface area contributed by atoms with Gasteiger partial charge in [0.2, 0.25) is 0 Å². The Balaban J connectivity index is 1.54. The maximum Gasteiger partial charge on any atom is 0.259 e. The minimum absolute atomic E-state index is 0.213. The molecule has 0 aliphatic heterocycles. The quantitative estimate of drug-likeness (QED) is 0.437. The number of hydrogen-bond donors (Lipinski definition) is 2. The van der Waals surface area contributed by atoms with Gasteiger partial charge in [-0.25, -0.2) is 9.97 Å². The number of thiazole rings is 1. The number of aromatic amines is 1. The van der Waals surface area contributed by atoms with Crippen LogP contribution in [0, 0.1) is 0 Å². The maximum atomic E-state index is 12.2. The molecule has 0 atom stereocenters. The van der Waals surface area contributed by atoms with E-state index in [0.29, 0.717) is 26.8 Å². The second-order valence-corrected chi connectivity index (χ2v) is 7.45. The van der Waals surface area contributed by atoms with Crippen molar-refractivity contribution in [2.45, 2.75) is 0 Å². The molecular formula is C20H12N4OS2. The first kappa shape index (κ1) is 16.0. The van der Waals surface area contributed by atoms with Gasteiger partial charge < -0.3 is 10.3 Å². The lowest BCUT2D eigenvalue weighted by molar-refractivity contribution is 1.14. The highest BCUT2D eigenvalue weighted by Crippen LogP contribution is 2.32. The maximum absolute atomic E-state index is 12.2. The summed E-state index contributed by atoms with van der Waals surface area (Å²) in [5.74, 6) is 0.331. The lowest BCUT2D eigenvalue weighted by Crippen LogP contribution is -2.20. The van der Waals surface area contributed by atoms with Crippen molar-refractivity contribution in [2.75, 3.05) is 5.32 Å². The molecule has 0 spiro atoms. The Kier molecular flexibility index (Phi) is 3.70. The summed E-state index contributed by atoms with van der Waals surface area (Å²) in [6, 6.07) is 19.4. The third-order valence-corrected chi connectivity index (χ3v) is 5.64. The number of rotatable bonds is 2. The van der Waals surface area contributed by atoms with Gasteiger partial charge in [-0.1, -0.05) is 66.0 Å². The molecule has 2 N–H and O–H groups in total. The van der Waals surface area contributed by atoms with Crippen LogP contribution in [0.25, 0.3) is 31.9 Å². The van der Waals surface area contributed by atoms with E-state index in [0.717, 1.165) is 15.6 Å². The SMILES string of the molecule is O=c1[nH]c(C(=S)Nc2nc3ccc4ccccc4c3s2)nc2ccccc12. The molecule has 0 unspecified atom stereocenters. The van der Waals surface area contributed by atoms with E-state index in [4.69, 9.17) is 12.2 Å². The zero-order valence-electron chi connectivity index (χ0n) is 13.9. The third kappa shape index (κ3) is 2.77. The topological polar surface area (TPSA) is 70.7 Å². The second-order valence-electron chi connectivity index (χ2n) is 6.04. The zero-order valence-corrected chi connectivity index (χ0v) is 15.5. The molecule has 2 heterocycles. The first-order valence-electron chi connectivity index (χ1n) is 8.28. The fourth-order valence-corrected chi connectivity index (χ4v) is 4.32. The molecule has 0 saturated carbocycles. The summed E-state index contributed by atoms with van der Waals surface area (Å²) in [5, 5.41) is 6.64. The average Bonchev–Trinajstić information content (AvgIpc) is 3.11. The largest absolute Gasteiger partial charge is 0.319 e. The van der Waals surface area contributed by atoms with Gasteiger partial charge in [-0.15, -0.1) is 0 Å². The molecule has 3 aromatic carbocycles. The van der Waals surface area contributed by atoms with Gasteiger partial charge in [0.25, 0.3) is 5.56 Å². The molecule has 27 heavy (non-hydrogen) atoms. The number of para-hydroxylation sites is 1. The Morgan fingerprint density at radius 2 is 1.70 bits per heavy atom. The van der Waals surface area contributed by atoms with E-state index in [9.17, 15) is 4.79 Å². The number of nitrogens with one attached hydrogen (secondary N) is 2. The van der Waals surface area contributed by atoms with Crippen molar-refractivity contribution in [1.29, 1.82) is 0 Å². The fourth-order valence-electron chi connectivity index (χ4n) is 3.06. The van der Waals surface area contributed by atoms with Crippen LogP contribution in [0.2, 0.25) is 0 Å². The van der Waals surface area contributed by atoms with Crippen LogP contribution in [0.4, 0.5) is 5.13 Å². The van der Waals surface area contributed by atoms with Crippen molar-refractivity contribution in [3.05, 3.63) is 76.8 Å². The van der Waals surface area contributed by atoms with Crippen LogP contribution >= 0.6 is 23.6 Å². The van der Waals surface area contributed by atoms with Crippen LogP contribution in [0.3, 0.4) is 0 Å². The number of thiocarbonyl (C=S) groups is 1. The molecule has 130 valence electrons. The molecule has 7 heteroatoms. The Hall–Kier alpha value is -3.16. The zero-order chi connectivity index (χ0) is 18.4. The van der Waals surface area contributed by atoms with Gasteiger partial charge in [0.15, 0.2) is 11.0 Å². The summed E-state index contributed by atoms with van der Waals surface area (Å²) in [7, 11) is 0. The summed E-state index contributed by atoms with van der Waals surface area (Å²) < 4.78 is 1.10. The lowest BCUT2D eigenvalue weighted by atomic mass is 10.1.